The molecule has 0 bridgehead atoms. The third-order valence-corrected chi connectivity index (χ3v) is 5.46. The minimum atomic E-state index is -4.02. The highest BCUT2D eigenvalue weighted by Gasteiger charge is 2.27. The number of hydrogen-bond acceptors (Lipinski definition) is 5. The first-order valence-electron chi connectivity index (χ1n) is 8.30. The predicted molar refractivity (Wildman–Crippen MR) is 102 cm³/mol. The molecule has 9 heteroatoms. The molecule has 0 saturated carbocycles. The Morgan fingerprint density at radius 2 is 1.70 bits per heavy atom. The number of non-ortho nitro benzene ring substituents is 1. The molecular formula is C18H21N3O5S. The van der Waals surface area contributed by atoms with Crippen LogP contribution in [0.15, 0.2) is 59.5 Å². The van der Waals surface area contributed by atoms with Crippen molar-refractivity contribution in [1.82, 2.24) is 5.32 Å². The van der Waals surface area contributed by atoms with Gasteiger partial charge in [-0.2, -0.15) is 0 Å². The van der Waals surface area contributed by atoms with Crippen LogP contribution in [0.4, 0.5) is 11.4 Å². The second kappa shape index (κ2) is 8.63. The lowest BCUT2D eigenvalue weighted by Gasteiger charge is -2.24. The van der Waals surface area contributed by atoms with Crippen molar-refractivity contribution in [2.75, 3.05) is 17.4 Å². The molecule has 0 aliphatic rings. The number of benzene rings is 2. The number of hydrogen-bond donors (Lipinski definition) is 1. The molecule has 2 aromatic rings. The maximum absolute atomic E-state index is 13.0. The van der Waals surface area contributed by atoms with Crippen molar-refractivity contribution in [2.24, 2.45) is 5.92 Å². The lowest BCUT2D eigenvalue weighted by atomic mass is 10.2. The Morgan fingerprint density at radius 3 is 2.22 bits per heavy atom. The number of carbonyl (C=O) groups excluding carboxylic acids is 1. The van der Waals surface area contributed by atoms with Crippen LogP contribution in [-0.2, 0) is 14.8 Å². The number of carbonyl (C=O) groups is 1. The Labute approximate surface area is 158 Å². The van der Waals surface area contributed by atoms with Crippen LogP contribution in [0.5, 0.6) is 0 Å². The first kappa shape index (κ1) is 20.4. The number of anilines is 1. The van der Waals surface area contributed by atoms with Crippen LogP contribution in [0.25, 0.3) is 0 Å². The molecule has 0 saturated heterocycles. The molecule has 0 heterocycles. The summed E-state index contributed by atoms with van der Waals surface area (Å²) in [5.41, 5.74) is 0.00391. The van der Waals surface area contributed by atoms with Crippen molar-refractivity contribution >= 4 is 27.3 Å². The SMILES string of the molecule is CC(C)CNC(=O)CN(c1ccc([N+](=O)[O-])cc1)S(=O)(=O)c1ccccc1. The van der Waals surface area contributed by atoms with Crippen LogP contribution in [-0.4, -0.2) is 32.3 Å². The molecule has 0 aliphatic heterocycles. The summed E-state index contributed by atoms with van der Waals surface area (Å²) in [6.45, 7) is 3.84. The molecule has 1 N–H and O–H groups in total. The fourth-order valence-corrected chi connectivity index (χ4v) is 3.72. The highest BCUT2D eigenvalue weighted by molar-refractivity contribution is 7.92. The Morgan fingerprint density at radius 1 is 1.11 bits per heavy atom. The maximum Gasteiger partial charge on any atom is 0.269 e. The molecule has 8 nitrogen and oxygen atoms in total. The largest absolute Gasteiger partial charge is 0.354 e. The molecule has 1 amide bonds. The van der Waals surface area contributed by atoms with Crippen LogP contribution < -0.4 is 9.62 Å². The average Bonchev–Trinajstić information content (AvgIpc) is 2.65. The minimum absolute atomic E-state index is 0.0278. The number of nitro benzene ring substituents is 1. The zero-order valence-corrected chi connectivity index (χ0v) is 15.8. The zero-order valence-electron chi connectivity index (χ0n) is 15.0. The molecular weight excluding hydrogens is 370 g/mol. The number of nitrogens with zero attached hydrogens (tertiary/aromatic N) is 2. The first-order valence-corrected chi connectivity index (χ1v) is 9.74. The number of amides is 1. The van der Waals surface area contributed by atoms with Gasteiger partial charge in [0.2, 0.25) is 5.91 Å². The molecule has 0 atom stereocenters. The number of nitro groups is 1. The van der Waals surface area contributed by atoms with Crippen molar-refractivity contribution in [2.45, 2.75) is 18.7 Å². The summed E-state index contributed by atoms with van der Waals surface area (Å²) in [7, 11) is -4.02. The van der Waals surface area contributed by atoms with Gasteiger partial charge in [0.05, 0.1) is 15.5 Å². The van der Waals surface area contributed by atoms with Crippen molar-refractivity contribution in [3.05, 3.63) is 64.7 Å². The van der Waals surface area contributed by atoms with Gasteiger partial charge in [-0.15, -0.1) is 0 Å². The topological polar surface area (TPSA) is 110 Å². The smallest absolute Gasteiger partial charge is 0.269 e. The van der Waals surface area contributed by atoms with Crippen LogP contribution >= 0.6 is 0 Å². The second-order valence-electron chi connectivity index (χ2n) is 6.30. The number of sulfonamides is 1. The van der Waals surface area contributed by atoms with Gasteiger partial charge in [0.15, 0.2) is 0 Å². The minimum Gasteiger partial charge on any atom is -0.354 e. The van der Waals surface area contributed by atoms with Gasteiger partial charge in [-0.1, -0.05) is 32.0 Å². The monoisotopic (exact) mass is 391 g/mol. The van der Waals surface area contributed by atoms with E-state index in [1.807, 2.05) is 13.8 Å². The summed E-state index contributed by atoms with van der Waals surface area (Å²) < 4.78 is 27.0. The van der Waals surface area contributed by atoms with Gasteiger partial charge < -0.3 is 5.32 Å². The first-order chi connectivity index (χ1) is 12.7. The molecule has 2 aromatic carbocycles. The fraction of sp³-hybridized carbons (Fsp3) is 0.278. The normalized spacial score (nSPS) is 11.2. The zero-order chi connectivity index (χ0) is 20.0. The van der Waals surface area contributed by atoms with E-state index >= 15 is 0 Å². The fourth-order valence-electron chi connectivity index (χ4n) is 2.28. The maximum atomic E-state index is 13.0. The predicted octanol–water partition coefficient (Wildman–Crippen LogP) is 2.56. The van der Waals surface area contributed by atoms with E-state index in [1.54, 1.807) is 18.2 Å². The second-order valence-corrected chi connectivity index (χ2v) is 8.16. The van der Waals surface area contributed by atoms with Crippen LogP contribution in [0, 0.1) is 16.0 Å². The molecule has 27 heavy (non-hydrogen) atoms. The molecule has 0 aliphatic carbocycles. The van der Waals surface area contributed by atoms with Crippen LogP contribution in [0.2, 0.25) is 0 Å². The highest BCUT2D eigenvalue weighted by atomic mass is 32.2. The van der Waals surface area contributed by atoms with E-state index in [4.69, 9.17) is 0 Å². The standard InChI is InChI=1S/C18H21N3O5S/c1-14(2)12-19-18(22)13-20(15-8-10-16(11-9-15)21(23)24)27(25,26)17-6-4-3-5-7-17/h3-11,14H,12-13H2,1-2H3,(H,19,22). The summed E-state index contributed by atoms with van der Waals surface area (Å²) in [6, 6.07) is 12.7. The highest BCUT2D eigenvalue weighted by Crippen LogP contribution is 2.25. The van der Waals surface area contributed by atoms with E-state index in [0.717, 1.165) is 4.31 Å². The van der Waals surface area contributed by atoms with E-state index in [2.05, 4.69) is 5.32 Å². The summed E-state index contributed by atoms with van der Waals surface area (Å²) in [5, 5.41) is 13.5. The number of nitrogens with one attached hydrogen (secondary N) is 1. The van der Waals surface area contributed by atoms with Crippen molar-refractivity contribution < 1.29 is 18.1 Å². The Balaban J connectivity index is 2.39. The van der Waals surface area contributed by atoms with E-state index in [1.165, 1.54) is 36.4 Å². The third kappa shape index (κ3) is 5.27. The van der Waals surface area contributed by atoms with Crippen molar-refractivity contribution in [3.63, 3.8) is 0 Å². The number of rotatable bonds is 8. The lowest BCUT2D eigenvalue weighted by molar-refractivity contribution is -0.384. The van der Waals surface area contributed by atoms with Gasteiger partial charge in [0.25, 0.3) is 15.7 Å². The molecule has 0 unspecified atom stereocenters. The third-order valence-electron chi connectivity index (χ3n) is 3.67. The summed E-state index contributed by atoms with van der Waals surface area (Å²) >= 11 is 0. The van der Waals surface area contributed by atoms with Gasteiger partial charge in [-0.05, 0) is 30.2 Å². The van der Waals surface area contributed by atoms with Gasteiger partial charge in [0, 0.05) is 18.7 Å². The molecule has 0 aromatic heterocycles. The average molecular weight is 391 g/mol. The van der Waals surface area contributed by atoms with E-state index < -0.39 is 27.4 Å². The van der Waals surface area contributed by atoms with Gasteiger partial charge >= 0.3 is 0 Å². The van der Waals surface area contributed by atoms with Crippen molar-refractivity contribution in [3.8, 4) is 0 Å². The van der Waals surface area contributed by atoms with Gasteiger partial charge in [-0.3, -0.25) is 19.2 Å². The molecule has 0 spiro atoms. The quantitative estimate of drug-likeness (QED) is 0.549. The Hall–Kier alpha value is -2.94. The van der Waals surface area contributed by atoms with Crippen LogP contribution in [0.1, 0.15) is 13.8 Å². The lowest BCUT2D eigenvalue weighted by Crippen LogP contribution is -2.41. The molecule has 0 fully saturated rings. The Kier molecular flexibility index (Phi) is 6.51. The van der Waals surface area contributed by atoms with Crippen LogP contribution in [0.3, 0.4) is 0 Å². The van der Waals surface area contributed by atoms with E-state index in [-0.39, 0.29) is 22.2 Å². The Bertz CT molecular complexity index is 896. The molecule has 144 valence electrons. The van der Waals surface area contributed by atoms with E-state index in [9.17, 15) is 23.3 Å². The summed E-state index contributed by atoms with van der Waals surface area (Å²) in [5.74, 6) is -0.242. The van der Waals surface area contributed by atoms with Crippen molar-refractivity contribution in [1.29, 1.82) is 0 Å². The van der Waals surface area contributed by atoms with Gasteiger partial charge in [0.1, 0.15) is 6.54 Å². The summed E-state index contributed by atoms with van der Waals surface area (Å²) in [4.78, 5) is 22.5. The molecule has 0 radical (unpaired) electrons. The van der Waals surface area contributed by atoms with E-state index in [0.29, 0.717) is 6.54 Å². The van der Waals surface area contributed by atoms with Gasteiger partial charge in [-0.25, -0.2) is 8.42 Å². The summed E-state index contributed by atoms with van der Waals surface area (Å²) in [6.07, 6.45) is 0. The molecule has 2 rings (SSSR count).